The number of amides is 7. The molecular formula is C46H70N6O10. The Labute approximate surface area is 367 Å². The van der Waals surface area contributed by atoms with Gasteiger partial charge in [-0.1, -0.05) is 84.9 Å². The van der Waals surface area contributed by atoms with Crippen molar-refractivity contribution in [3.63, 3.8) is 0 Å². The van der Waals surface area contributed by atoms with Crippen molar-refractivity contribution in [3.8, 4) is 0 Å². The molecule has 62 heavy (non-hydrogen) atoms. The molecule has 2 rings (SSSR count). The molecule has 0 saturated heterocycles. The van der Waals surface area contributed by atoms with Gasteiger partial charge >= 0.3 is 12.1 Å². The van der Waals surface area contributed by atoms with Crippen molar-refractivity contribution in [1.82, 2.24) is 30.7 Å². The maximum atomic E-state index is 14.6. The largest absolute Gasteiger partial charge is 0.458 e. The van der Waals surface area contributed by atoms with E-state index in [1.54, 1.807) is 54.7 Å². The highest BCUT2D eigenvalue weighted by atomic mass is 16.6. The van der Waals surface area contributed by atoms with E-state index in [0.717, 1.165) is 22.6 Å². The molecule has 1 unspecified atom stereocenters. The first-order chi connectivity index (χ1) is 28.3. The first-order valence-electron chi connectivity index (χ1n) is 20.9. The zero-order valence-electron chi connectivity index (χ0n) is 39.6. The Morgan fingerprint density at radius 2 is 1.31 bits per heavy atom. The summed E-state index contributed by atoms with van der Waals surface area (Å²) in [5, 5.41) is 8.15. The quantitative estimate of drug-likeness (QED) is 0.114. The monoisotopic (exact) mass is 867 g/mol. The van der Waals surface area contributed by atoms with Crippen LogP contribution in [0, 0.1) is 11.3 Å². The normalized spacial score (nSPS) is 15.6. The Morgan fingerprint density at radius 3 is 1.79 bits per heavy atom. The Hall–Kier alpha value is -5.54. The minimum atomic E-state index is -1.41. The summed E-state index contributed by atoms with van der Waals surface area (Å²) in [6.45, 7) is 24.3. The summed E-state index contributed by atoms with van der Waals surface area (Å²) in [5.41, 5.74) is -2.65. The molecule has 1 heterocycles. The molecule has 344 valence electrons. The van der Waals surface area contributed by atoms with E-state index in [2.05, 4.69) is 16.0 Å². The minimum Gasteiger partial charge on any atom is -0.458 e. The number of ether oxygens (including phenoxy) is 2. The molecule has 0 radical (unpaired) electrons. The Bertz CT molecular complexity index is 1870. The number of rotatable bonds is 17. The van der Waals surface area contributed by atoms with Crippen LogP contribution in [0.1, 0.15) is 109 Å². The number of hydrogen-bond donors (Lipinski definition) is 3. The van der Waals surface area contributed by atoms with Gasteiger partial charge in [0, 0.05) is 50.3 Å². The van der Waals surface area contributed by atoms with Crippen molar-refractivity contribution in [3.05, 3.63) is 59.7 Å². The topological polar surface area (TPSA) is 201 Å². The summed E-state index contributed by atoms with van der Waals surface area (Å²) >= 11 is 0. The van der Waals surface area contributed by atoms with Crippen LogP contribution >= 0.6 is 0 Å². The number of imide groups is 1. The minimum absolute atomic E-state index is 0.0791. The third kappa shape index (κ3) is 15.1. The van der Waals surface area contributed by atoms with Gasteiger partial charge in [0.15, 0.2) is 0 Å². The van der Waals surface area contributed by atoms with Gasteiger partial charge in [-0.25, -0.2) is 9.59 Å². The summed E-state index contributed by atoms with van der Waals surface area (Å²) in [4.78, 5) is 110. The molecule has 16 heteroatoms. The maximum Gasteiger partial charge on any atom is 0.410 e. The number of carbonyl (C=O) groups is 8. The summed E-state index contributed by atoms with van der Waals surface area (Å²) in [5.74, 6) is -4.48. The fourth-order valence-corrected chi connectivity index (χ4v) is 6.81. The van der Waals surface area contributed by atoms with Crippen LogP contribution in [0.25, 0.3) is 0 Å². The van der Waals surface area contributed by atoms with Crippen molar-refractivity contribution >= 4 is 47.5 Å². The molecule has 1 aliphatic rings. The molecule has 1 aromatic rings. The van der Waals surface area contributed by atoms with Gasteiger partial charge in [0.2, 0.25) is 23.6 Å². The van der Waals surface area contributed by atoms with E-state index in [0.29, 0.717) is 0 Å². The number of likely N-dealkylation sites (N-methyl/N-ethyl adjacent to an activating group) is 2. The molecule has 0 spiro atoms. The molecule has 7 amide bonds. The van der Waals surface area contributed by atoms with Gasteiger partial charge in [-0.3, -0.25) is 38.6 Å². The van der Waals surface area contributed by atoms with Crippen molar-refractivity contribution in [1.29, 1.82) is 0 Å². The smallest absolute Gasteiger partial charge is 0.410 e. The second-order valence-corrected chi connectivity index (χ2v) is 19.7. The Balaban J connectivity index is 2.41. The van der Waals surface area contributed by atoms with Crippen LogP contribution in [0.2, 0.25) is 0 Å². The Kier molecular flexibility index (Phi) is 17.8. The van der Waals surface area contributed by atoms with Crippen molar-refractivity contribution in [2.24, 2.45) is 11.3 Å². The standard InChI is InChI=1S/C46H70N6O10/c1-28(2)32(26-29(3)38(56)48-31(41(59)61-44(7,8)9)27-33(53)47-24-25-52-34(54)22-23-35(52)55)50(15)40(58)36(43(4,5)6)49-39(57)37(51(16)42(60)62-45(10,11)12)46(13,14)30-20-18-17-19-21-30/h17-23,26,28,31-32,36-37H,24-25,27H2,1-16H3,(H,47,53)(H,48,56)(H,49,57)/b29-26+/t31-,32-,36?,37-/m1/s1. The van der Waals surface area contributed by atoms with E-state index in [4.69, 9.17) is 9.47 Å². The molecule has 16 nitrogen and oxygen atoms in total. The summed E-state index contributed by atoms with van der Waals surface area (Å²) < 4.78 is 11.2. The molecule has 0 aliphatic carbocycles. The van der Waals surface area contributed by atoms with Gasteiger partial charge in [-0.05, 0) is 65.4 Å². The predicted octanol–water partition coefficient (Wildman–Crippen LogP) is 4.42. The average molecular weight is 867 g/mol. The molecule has 0 aromatic heterocycles. The molecule has 1 aromatic carbocycles. The van der Waals surface area contributed by atoms with Gasteiger partial charge in [0.25, 0.3) is 11.8 Å². The number of benzene rings is 1. The third-order valence-corrected chi connectivity index (χ3v) is 10.1. The summed E-state index contributed by atoms with van der Waals surface area (Å²) in [6.07, 6.45) is 2.63. The van der Waals surface area contributed by atoms with Gasteiger partial charge < -0.3 is 30.3 Å². The lowest BCUT2D eigenvalue weighted by Gasteiger charge is -2.42. The van der Waals surface area contributed by atoms with E-state index in [9.17, 15) is 38.4 Å². The van der Waals surface area contributed by atoms with Crippen LogP contribution in [-0.4, -0.2) is 125 Å². The van der Waals surface area contributed by atoms with E-state index < -0.39 is 100 Å². The predicted molar refractivity (Wildman–Crippen MR) is 235 cm³/mol. The van der Waals surface area contributed by atoms with Crippen LogP contribution in [0.3, 0.4) is 0 Å². The number of nitrogens with zero attached hydrogens (tertiary/aromatic N) is 3. The third-order valence-electron chi connectivity index (χ3n) is 10.1. The van der Waals surface area contributed by atoms with Gasteiger partial charge in [0.05, 0.1) is 12.5 Å². The average Bonchev–Trinajstić information content (AvgIpc) is 3.45. The zero-order valence-corrected chi connectivity index (χ0v) is 39.6. The lowest BCUT2D eigenvalue weighted by molar-refractivity contribution is -0.159. The molecule has 3 N–H and O–H groups in total. The van der Waals surface area contributed by atoms with Gasteiger partial charge in [0.1, 0.15) is 29.3 Å². The lowest BCUT2D eigenvalue weighted by Crippen LogP contribution is -2.63. The zero-order chi connectivity index (χ0) is 47.7. The molecule has 0 bridgehead atoms. The van der Waals surface area contributed by atoms with Crippen LogP contribution in [0.5, 0.6) is 0 Å². The Morgan fingerprint density at radius 1 is 0.774 bits per heavy atom. The first-order valence-corrected chi connectivity index (χ1v) is 20.9. The molecule has 1 aliphatic heterocycles. The fourth-order valence-electron chi connectivity index (χ4n) is 6.81. The second-order valence-electron chi connectivity index (χ2n) is 19.7. The molecule has 0 saturated carbocycles. The maximum absolute atomic E-state index is 14.6. The number of esters is 1. The van der Waals surface area contributed by atoms with Crippen molar-refractivity contribution < 1.29 is 47.8 Å². The first kappa shape index (κ1) is 52.6. The summed E-state index contributed by atoms with van der Waals surface area (Å²) in [6, 6.07) is 4.96. The molecule has 4 atom stereocenters. The van der Waals surface area contributed by atoms with Crippen LogP contribution in [-0.2, 0) is 48.5 Å². The van der Waals surface area contributed by atoms with E-state index in [-0.39, 0.29) is 24.6 Å². The van der Waals surface area contributed by atoms with Crippen molar-refractivity contribution in [2.45, 2.75) is 144 Å². The van der Waals surface area contributed by atoms with Crippen LogP contribution in [0.15, 0.2) is 54.1 Å². The van der Waals surface area contributed by atoms with Gasteiger partial charge in [-0.2, -0.15) is 0 Å². The van der Waals surface area contributed by atoms with Crippen molar-refractivity contribution in [2.75, 3.05) is 27.2 Å². The van der Waals surface area contributed by atoms with E-state index >= 15 is 0 Å². The number of carbonyl (C=O) groups excluding carboxylic acids is 8. The molecule has 0 fully saturated rings. The number of hydrogen-bond acceptors (Lipinski definition) is 10. The van der Waals surface area contributed by atoms with Crippen LogP contribution in [0.4, 0.5) is 4.79 Å². The van der Waals surface area contributed by atoms with E-state index in [1.165, 1.54) is 23.8 Å². The highest BCUT2D eigenvalue weighted by molar-refractivity contribution is 6.12. The molecular weight excluding hydrogens is 797 g/mol. The fraction of sp³-hybridized carbons (Fsp3) is 0.609. The lowest BCUT2D eigenvalue weighted by atomic mass is 9.76. The second kappa shape index (κ2) is 21.0. The van der Waals surface area contributed by atoms with E-state index in [1.807, 2.05) is 78.8 Å². The number of nitrogens with one attached hydrogen (secondary N) is 3. The highest BCUT2D eigenvalue weighted by Gasteiger charge is 2.46. The SMILES string of the molecule is C/C(=C\[C@H](C(C)C)N(C)C(=O)C(NC(=O)[C@@H](N(C)C(=O)OC(C)(C)C)C(C)(C)c1ccccc1)C(C)(C)C)C(=O)N[C@H](CC(=O)NCCN1C(=O)C=CC1=O)C(=O)OC(C)(C)C. The summed E-state index contributed by atoms with van der Waals surface area (Å²) in [7, 11) is 3.07. The van der Waals surface area contributed by atoms with Crippen LogP contribution < -0.4 is 16.0 Å². The van der Waals surface area contributed by atoms with Gasteiger partial charge in [-0.15, -0.1) is 0 Å². The highest BCUT2D eigenvalue weighted by Crippen LogP contribution is 2.32.